The van der Waals surface area contributed by atoms with Crippen molar-refractivity contribution in [2.24, 2.45) is 0 Å². The van der Waals surface area contributed by atoms with Gasteiger partial charge < -0.3 is 14.2 Å². The van der Waals surface area contributed by atoms with Crippen molar-refractivity contribution >= 4 is 0 Å². The minimum atomic E-state index is 0.408. The molecular weight excluding hydrogens is 316 g/mol. The van der Waals surface area contributed by atoms with Crippen LogP contribution in [0.1, 0.15) is 25.0 Å². The third-order valence-corrected chi connectivity index (χ3v) is 4.56. The number of ether oxygens (including phenoxy) is 3. The number of nitrogens with zero attached hydrogens (tertiary/aromatic N) is 2. The molecular formula is C20H26N2O3. The first kappa shape index (κ1) is 17.7. The van der Waals surface area contributed by atoms with E-state index in [1.54, 1.807) is 13.3 Å². The minimum Gasteiger partial charge on any atom is -0.493 e. The average molecular weight is 342 g/mol. The average Bonchev–Trinajstić information content (AvgIpc) is 2.64. The predicted octanol–water partition coefficient (Wildman–Crippen LogP) is 3.28. The molecule has 0 saturated carbocycles. The molecule has 0 amide bonds. The number of pyridine rings is 1. The third-order valence-electron chi connectivity index (χ3n) is 4.56. The van der Waals surface area contributed by atoms with E-state index in [2.05, 4.69) is 35.9 Å². The number of benzene rings is 1. The summed E-state index contributed by atoms with van der Waals surface area (Å²) in [5.74, 6) is 1.51. The zero-order valence-electron chi connectivity index (χ0n) is 15.1. The topological polar surface area (TPSA) is 43.8 Å². The molecule has 0 aliphatic carbocycles. The Balaban J connectivity index is 1.73. The molecule has 2 atom stereocenters. The van der Waals surface area contributed by atoms with Crippen LogP contribution in [0, 0.1) is 0 Å². The summed E-state index contributed by atoms with van der Waals surface area (Å²) in [6.07, 6.45) is 3.57. The Bertz CT molecular complexity index is 668. The van der Waals surface area contributed by atoms with Gasteiger partial charge in [-0.1, -0.05) is 12.1 Å². The second-order valence-electron chi connectivity index (χ2n) is 6.54. The van der Waals surface area contributed by atoms with Gasteiger partial charge in [0.2, 0.25) is 0 Å². The smallest absolute Gasteiger partial charge is 0.161 e. The largest absolute Gasteiger partial charge is 0.493 e. The lowest BCUT2D eigenvalue weighted by Crippen LogP contribution is -2.48. The normalized spacial score (nSPS) is 21.1. The number of rotatable bonds is 6. The Morgan fingerprint density at radius 3 is 2.60 bits per heavy atom. The van der Waals surface area contributed by atoms with Crippen molar-refractivity contribution in [3.05, 3.63) is 53.9 Å². The molecule has 3 rings (SSSR count). The van der Waals surface area contributed by atoms with Crippen LogP contribution >= 0.6 is 0 Å². The SMILES string of the molecule is COc1ccc(CN2[C@H](C)COC[C@@H]2C)cc1OCc1cccnc1. The maximum absolute atomic E-state index is 5.99. The first-order valence-electron chi connectivity index (χ1n) is 8.69. The van der Waals surface area contributed by atoms with Gasteiger partial charge in [0, 0.05) is 36.6 Å². The summed E-state index contributed by atoms with van der Waals surface area (Å²) in [6, 6.07) is 10.9. The monoisotopic (exact) mass is 342 g/mol. The molecule has 2 aromatic rings. The standard InChI is InChI=1S/C20H26N2O3/c1-15-12-24-13-16(2)22(15)11-17-6-7-19(23-3)20(9-17)25-14-18-5-4-8-21-10-18/h4-10,15-16H,11-14H2,1-3H3/t15-,16+. The Morgan fingerprint density at radius 2 is 1.92 bits per heavy atom. The molecule has 134 valence electrons. The minimum absolute atomic E-state index is 0.408. The number of hydrogen-bond donors (Lipinski definition) is 0. The van der Waals surface area contributed by atoms with E-state index in [1.165, 1.54) is 5.56 Å². The van der Waals surface area contributed by atoms with E-state index in [0.717, 1.165) is 36.8 Å². The van der Waals surface area contributed by atoms with Crippen LogP contribution in [0.3, 0.4) is 0 Å². The maximum atomic E-state index is 5.99. The van der Waals surface area contributed by atoms with Gasteiger partial charge in [-0.15, -0.1) is 0 Å². The van der Waals surface area contributed by atoms with Crippen LogP contribution in [0.15, 0.2) is 42.7 Å². The van der Waals surface area contributed by atoms with E-state index >= 15 is 0 Å². The van der Waals surface area contributed by atoms with E-state index < -0.39 is 0 Å². The van der Waals surface area contributed by atoms with Gasteiger partial charge in [-0.05, 0) is 37.6 Å². The fourth-order valence-electron chi connectivity index (χ4n) is 3.13. The van der Waals surface area contributed by atoms with Crippen molar-refractivity contribution in [3.63, 3.8) is 0 Å². The van der Waals surface area contributed by atoms with E-state index in [1.807, 2.05) is 24.4 Å². The van der Waals surface area contributed by atoms with E-state index in [9.17, 15) is 0 Å². The Kier molecular flexibility index (Phi) is 5.89. The molecule has 25 heavy (non-hydrogen) atoms. The van der Waals surface area contributed by atoms with Crippen LogP contribution in [0.2, 0.25) is 0 Å². The van der Waals surface area contributed by atoms with Crippen molar-refractivity contribution in [1.29, 1.82) is 0 Å². The Morgan fingerprint density at radius 1 is 1.12 bits per heavy atom. The molecule has 0 bridgehead atoms. The van der Waals surface area contributed by atoms with Crippen molar-refractivity contribution in [2.75, 3.05) is 20.3 Å². The molecule has 1 aliphatic heterocycles. The fourth-order valence-corrected chi connectivity index (χ4v) is 3.13. The number of aromatic nitrogens is 1. The van der Waals surface area contributed by atoms with Crippen LogP contribution in [0.25, 0.3) is 0 Å². The highest BCUT2D eigenvalue weighted by Gasteiger charge is 2.25. The molecule has 0 radical (unpaired) electrons. The van der Waals surface area contributed by atoms with Crippen molar-refractivity contribution in [2.45, 2.75) is 39.1 Å². The first-order valence-corrected chi connectivity index (χ1v) is 8.69. The van der Waals surface area contributed by atoms with Gasteiger partial charge in [0.1, 0.15) is 6.61 Å². The summed E-state index contributed by atoms with van der Waals surface area (Å²) in [6.45, 7) is 7.32. The quantitative estimate of drug-likeness (QED) is 0.806. The molecule has 0 spiro atoms. The summed E-state index contributed by atoms with van der Waals surface area (Å²) in [4.78, 5) is 6.59. The zero-order chi connectivity index (χ0) is 17.6. The van der Waals surface area contributed by atoms with Gasteiger partial charge in [0.05, 0.1) is 20.3 Å². The lowest BCUT2D eigenvalue weighted by atomic mass is 10.1. The Labute approximate surface area is 149 Å². The van der Waals surface area contributed by atoms with Crippen LogP contribution in [0.4, 0.5) is 0 Å². The van der Waals surface area contributed by atoms with E-state index in [4.69, 9.17) is 14.2 Å². The number of hydrogen-bond acceptors (Lipinski definition) is 5. The van der Waals surface area contributed by atoms with Gasteiger partial charge in [-0.2, -0.15) is 0 Å². The molecule has 2 heterocycles. The highest BCUT2D eigenvalue weighted by molar-refractivity contribution is 5.43. The van der Waals surface area contributed by atoms with E-state index in [-0.39, 0.29) is 0 Å². The summed E-state index contributed by atoms with van der Waals surface area (Å²) < 4.78 is 17.1. The maximum Gasteiger partial charge on any atom is 0.161 e. The van der Waals surface area contributed by atoms with Gasteiger partial charge in [0.25, 0.3) is 0 Å². The summed E-state index contributed by atoms with van der Waals surface area (Å²) in [5.41, 5.74) is 2.24. The highest BCUT2D eigenvalue weighted by Crippen LogP contribution is 2.30. The lowest BCUT2D eigenvalue weighted by Gasteiger charge is -2.38. The van der Waals surface area contributed by atoms with Crippen molar-refractivity contribution in [1.82, 2.24) is 9.88 Å². The molecule has 0 unspecified atom stereocenters. The van der Waals surface area contributed by atoms with Gasteiger partial charge in [0.15, 0.2) is 11.5 Å². The van der Waals surface area contributed by atoms with Crippen molar-refractivity contribution in [3.8, 4) is 11.5 Å². The van der Waals surface area contributed by atoms with E-state index in [0.29, 0.717) is 18.7 Å². The zero-order valence-corrected chi connectivity index (χ0v) is 15.1. The van der Waals surface area contributed by atoms with Crippen LogP contribution in [-0.4, -0.2) is 42.3 Å². The van der Waals surface area contributed by atoms with Gasteiger partial charge in [-0.25, -0.2) is 0 Å². The summed E-state index contributed by atoms with van der Waals surface area (Å²) in [5, 5.41) is 0. The molecule has 5 nitrogen and oxygen atoms in total. The van der Waals surface area contributed by atoms with Gasteiger partial charge >= 0.3 is 0 Å². The van der Waals surface area contributed by atoms with Crippen molar-refractivity contribution < 1.29 is 14.2 Å². The number of morpholine rings is 1. The molecule has 1 saturated heterocycles. The number of methoxy groups -OCH3 is 1. The highest BCUT2D eigenvalue weighted by atomic mass is 16.5. The van der Waals surface area contributed by atoms with Gasteiger partial charge in [-0.3, -0.25) is 9.88 Å². The Hall–Kier alpha value is -2.11. The molecule has 5 heteroatoms. The third kappa shape index (κ3) is 4.50. The first-order chi connectivity index (χ1) is 12.2. The van der Waals surface area contributed by atoms with Crippen LogP contribution in [0.5, 0.6) is 11.5 Å². The predicted molar refractivity (Wildman–Crippen MR) is 96.8 cm³/mol. The molecule has 0 N–H and O–H groups in total. The molecule has 1 aromatic carbocycles. The summed E-state index contributed by atoms with van der Waals surface area (Å²) >= 11 is 0. The summed E-state index contributed by atoms with van der Waals surface area (Å²) in [7, 11) is 1.66. The fraction of sp³-hybridized carbons (Fsp3) is 0.450. The molecule has 1 aromatic heterocycles. The lowest BCUT2D eigenvalue weighted by molar-refractivity contribution is -0.0409. The molecule has 1 aliphatic rings. The molecule has 1 fully saturated rings. The van der Waals surface area contributed by atoms with Crippen LogP contribution in [-0.2, 0) is 17.9 Å². The van der Waals surface area contributed by atoms with Crippen LogP contribution < -0.4 is 9.47 Å². The second kappa shape index (κ2) is 8.32. The second-order valence-corrected chi connectivity index (χ2v) is 6.54.